The van der Waals surface area contributed by atoms with E-state index < -0.39 is 0 Å². The molecule has 2 aromatic rings. The SMILES string of the molecule is CNC1C2CC3CC4(C(O)CC5c6ccccc6-c6cncn65)CC1C2(C3)C4. The van der Waals surface area contributed by atoms with Crippen molar-refractivity contribution >= 4 is 0 Å². The fourth-order valence-corrected chi connectivity index (χ4v) is 8.96. The first-order valence-electron chi connectivity index (χ1n) is 11.1. The van der Waals surface area contributed by atoms with Gasteiger partial charge in [0.15, 0.2) is 0 Å². The van der Waals surface area contributed by atoms with Crippen molar-refractivity contribution in [1.82, 2.24) is 14.9 Å². The second kappa shape index (κ2) is 5.09. The van der Waals surface area contributed by atoms with Gasteiger partial charge in [0.05, 0.1) is 30.4 Å². The Hall–Kier alpha value is -1.65. The van der Waals surface area contributed by atoms with Crippen LogP contribution in [0, 0.1) is 28.6 Å². The van der Waals surface area contributed by atoms with Crippen molar-refractivity contribution < 1.29 is 5.11 Å². The summed E-state index contributed by atoms with van der Waals surface area (Å²) in [5.74, 6) is 2.51. The van der Waals surface area contributed by atoms with E-state index in [9.17, 15) is 5.11 Å². The molecule has 5 aliphatic rings. The Morgan fingerprint density at radius 1 is 1.25 bits per heavy atom. The van der Waals surface area contributed by atoms with Gasteiger partial charge < -0.3 is 15.0 Å². The molecule has 2 N–H and O–H groups in total. The highest BCUT2D eigenvalue weighted by atomic mass is 16.3. The summed E-state index contributed by atoms with van der Waals surface area (Å²) in [6, 6.07) is 9.61. The quantitative estimate of drug-likeness (QED) is 0.858. The van der Waals surface area contributed by atoms with E-state index in [-0.39, 0.29) is 17.6 Å². The number of hydrogen-bond donors (Lipinski definition) is 2. The Bertz CT molecular complexity index is 968. The van der Waals surface area contributed by atoms with Crippen molar-refractivity contribution in [2.24, 2.45) is 28.6 Å². The van der Waals surface area contributed by atoms with Crippen LogP contribution in [-0.4, -0.2) is 33.9 Å². The molecule has 0 radical (unpaired) electrons. The van der Waals surface area contributed by atoms with Crippen molar-refractivity contribution in [1.29, 1.82) is 0 Å². The highest BCUT2D eigenvalue weighted by Crippen LogP contribution is 2.79. The number of aliphatic hydroxyl groups excluding tert-OH is 1. The average molecular weight is 376 g/mol. The van der Waals surface area contributed by atoms with Gasteiger partial charge in [0.1, 0.15) is 0 Å². The molecule has 0 saturated heterocycles. The maximum atomic E-state index is 11.7. The van der Waals surface area contributed by atoms with Crippen LogP contribution in [0.15, 0.2) is 36.8 Å². The minimum atomic E-state index is -0.222. The number of benzene rings is 1. The third kappa shape index (κ3) is 1.70. The standard InChI is InChI=1S/C24H29N3O/c1-25-22-17-6-14-8-23(10-18(22)24(17,9-14)12-23)21(28)7-19-15-4-2-3-5-16(15)20-11-26-13-27(19)20/h2-5,11,13-14,17-19,21-22,25,28H,6-10,12H2,1H3. The highest BCUT2D eigenvalue weighted by molar-refractivity contribution is 5.68. The van der Waals surface area contributed by atoms with Gasteiger partial charge in [0.25, 0.3) is 0 Å². The number of nitrogens with zero attached hydrogens (tertiary/aromatic N) is 2. The van der Waals surface area contributed by atoms with Crippen LogP contribution < -0.4 is 5.32 Å². The Labute approximate surface area is 166 Å². The average Bonchev–Trinajstić information content (AvgIpc) is 3.38. The molecule has 7 rings (SSSR count). The number of nitrogens with one attached hydrogen (secondary N) is 1. The molecule has 1 spiro atoms. The Morgan fingerprint density at radius 2 is 2.14 bits per heavy atom. The van der Waals surface area contributed by atoms with Crippen molar-refractivity contribution in [3.63, 3.8) is 0 Å². The summed E-state index contributed by atoms with van der Waals surface area (Å²) in [5.41, 5.74) is 4.56. The second-order valence-corrected chi connectivity index (χ2v) is 10.6. The lowest BCUT2D eigenvalue weighted by molar-refractivity contribution is -0.0517. The van der Waals surface area contributed by atoms with Gasteiger partial charge in [-0.2, -0.15) is 0 Å². The van der Waals surface area contributed by atoms with Crippen LogP contribution in [0.1, 0.15) is 50.1 Å². The molecule has 1 aromatic heterocycles. The maximum absolute atomic E-state index is 11.7. The van der Waals surface area contributed by atoms with Crippen LogP contribution in [0.5, 0.6) is 0 Å². The van der Waals surface area contributed by atoms with Gasteiger partial charge in [-0.25, -0.2) is 4.98 Å². The molecule has 1 aromatic carbocycles. The molecule has 8 unspecified atom stereocenters. The number of rotatable bonds is 4. The molecule has 4 fully saturated rings. The fourth-order valence-electron chi connectivity index (χ4n) is 8.96. The molecule has 2 heterocycles. The minimum Gasteiger partial charge on any atom is -0.392 e. The molecule has 0 amide bonds. The Balaban J connectivity index is 1.23. The first kappa shape index (κ1) is 16.2. The normalized spacial score (nSPS) is 44.9. The molecule has 146 valence electrons. The predicted molar refractivity (Wildman–Crippen MR) is 108 cm³/mol. The van der Waals surface area contributed by atoms with Crippen LogP contribution >= 0.6 is 0 Å². The largest absolute Gasteiger partial charge is 0.392 e. The van der Waals surface area contributed by atoms with Crippen LogP contribution in [0.2, 0.25) is 0 Å². The Kier molecular flexibility index (Phi) is 2.94. The van der Waals surface area contributed by atoms with Gasteiger partial charge >= 0.3 is 0 Å². The summed E-state index contributed by atoms with van der Waals surface area (Å²) in [7, 11) is 2.15. The molecule has 1 aliphatic heterocycles. The summed E-state index contributed by atoms with van der Waals surface area (Å²) >= 11 is 0. The second-order valence-electron chi connectivity index (χ2n) is 10.6. The van der Waals surface area contributed by atoms with E-state index in [2.05, 4.69) is 46.2 Å². The molecular weight excluding hydrogens is 346 g/mol. The summed E-state index contributed by atoms with van der Waals surface area (Å²) in [4.78, 5) is 4.40. The monoisotopic (exact) mass is 375 g/mol. The number of fused-ring (bicyclic) bond motifs is 5. The van der Waals surface area contributed by atoms with Crippen molar-refractivity contribution in [3.8, 4) is 11.3 Å². The molecule has 8 atom stereocenters. The third-order valence-corrected chi connectivity index (χ3v) is 9.69. The van der Waals surface area contributed by atoms with Gasteiger partial charge in [-0.05, 0) is 79.7 Å². The summed E-state index contributed by atoms with van der Waals surface area (Å²) in [6.45, 7) is 0. The van der Waals surface area contributed by atoms with Crippen LogP contribution in [0.3, 0.4) is 0 Å². The van der Waals surface area contributed by atoms with Crippen molar-refractivity contribution in [2.75, 3.05) is 7.05 Å². The smallest absolute Gasteiger partial charge is 0.0956 e. The summed E-state index contributed by atoms with van der Waals surface area (Å²) in [6.07, 6.45) is 11.1. The lowest BCUT2D eigenvalue weighted by Crippen LogP contribution is -2.60. The maximum Gasteiger partial charge on any atom is 0.0956 e. The van der Waals surface area contributed by atoms with E-state index >= 15 is 0 Å². The lowest BCUT2D eigenvalue weighted by atomic mass is 9.52. The highest BCUT2D eigenvalue weighted by Gasteiger charge is 2.75. The topological polar surface area (TPSA) is 50.1 Å². The van der Waals surface area contributed by atoms with Crippen LogP contribution in [-0.2, 0) is 0 Å². The Morgan fingerprint density at radius 3 is 3.04 bits per heavy atom. The van der Waals surface area contributed by atoms with E-state index in [4.69, 9.17) is 0 Å². The first-order valence-corrected chi connectivity index (χ1v) is 11.1. The molecule has 4 aliphatic carbocycles. The van der Waals surface area contributed by atoms with E-state index in [0.29, 0.717) is 11.5 Å². The molecule has 3 bridgehead atoms. The molecule has 28 heavy (non-hydrogen) atoms. The van der Waals surface area contributed by atoms with E-state index in [1.807, 2.05) is 12.5 Å². The van der Waals surface area contributed by atoms with Crippen molar-refractivity contribution in [3.05, 3.63) is 42.4 Å². The third-order valence-electron chi connectivity index (χ3n) is 9.69. The number of aromatic nitrogens is 2. The molecule has 4 saturated carbocycles. The lowest BCUT2D eigenvalue weighted by Gasteiger charge is -2.56. The van der Waals surface area contributed by atoms with Gasteiger partial charge in [0.2, 0.25) is 0 Å². The van der Waals surface area contributed by atoms with Gasteiger partial charge in [-0.1, -0.05) is 24.3 Å². The summed E-state index contributed by atoms with van der Waals surface area (Å²) in [5, 5.41) is 15.3. The minimum absolute atomic E-state index is 0.145. The summed E-state index contributed by atoms with van der Waals surface area (Å²) < 4.78 is 2.29. The molecule has 4 heteroatoms. The molecule has 4 nitrogen and oxygen atoms in total. The number of imidazole rings is 1. The fraction of sp³-hybridized carbons (Fsp3) is 0.625. The molecular formula is C24H29N3O. The van der Waals surface area contributed by atoms with Crippen LogP contribution in [0.25, 0.3) is 11.3 Å². The van der Waals surface area contributed by atoms with Crippen LogP contribution in [0.4, 0.5) is 0 Å². The number of aliphatic hydroxyl groups is 1. The predicted octanol–water partition coefficient (Wildman–Crippen LogP) is 3.62. The van der Waals surface area contributed by atoms with E-state index in [1.54, 1.807) is 0 Å². The van der Waals surface area contributed by atoms with Gasteiger partial charge in [-0.3, -0.25) is 0 Å². The van der Waals surface area contributed by atoms with Gasteiger partial charge in [-0.15, -0.1) is 0 Å². The number of hydrogen-bond acceptors (Lipinski definition) is 3. The zero-order chi connectivity index (χ0) is 18.7. The zero-order valence-electron chi connectivity index (χ0n) is 16.5. The van der Waals surface area contributed by atoms with E-state index in [0.717, 1.165) is 24.2 Å². The van der Waals surface area contributed by atoms with E-state index in [1.165, 1.54) is 48.9 Å². The van der Waals surface area contributed by atoms with Gasteiger partial charge in [0, 0.05) is 11.6 Å². The first-order chi connectivity index (χ1) is 13.7. The zero-order valence-corrected chi connectivity index (χ0v) is 16.5. The van der Waals surface area contributed by atoms with Crippen molar-refractivity contribution in [2.45, 2.75) is 56.7 Å².